The molecule has 0 heterocycles. The molecule has 4 fully saturated rings. The highest BCUT2D eigenvalue weighted by Gasteiger charge is 2.63. The third-order valence-corrected chi connectivity index (χ3v) is 14.9. The maximum absolute atomic E-state index is 12.8. The zero-order valence-corrected chi connectivity index (χ0v) is 33.7. The second-order valence-electron chi connectivity index (χ2n) is 18.2. The summed E-state index contributed by atoms with van der Waals surface area (Å²) >= 11 is 0. The van der Waals surface area contributed by atoms with Crippen molar-refractivity contribution >= 4 is 17.8 Å². The predicted octanol–water partition coefficient (Wildman–Crippen LogP) is 10.6. The SMILES string of the molecule is CCCCCCCCC/C=C\CCCCCCCC(=O)OC1CCC2(C)C(CCC3C2CC(O)C2(C)C(C(C)CCC(=O)NCC(=O)O)CCC32)C1. The number of unbranched alkanes of at least 4 members (excludes halogenated alkanes) is 12. The number of allylic oxidation sites excluding steroid dienone is 2. The molecular formula is C45H77NO6. The molecule has 4 saturated carbocycles. The molecule has 7 heteroatoms. The minimum absolute atomic E-state index is 0.00933. The minimum atomic E-state index is -1.02. The Morgan fingerprint density at radius 3 is 2.13 bits per heavy atom. The van der Waals surface area contributed by atoms with E-state index in [9.17, 15) is 19.5 Å². The number of amides is 1. The van der Waals surface area contributed by atoms with Gasteiger partial charge in [0.15, 0.2) is 0 Å². The van der Waals surface area contributed by atoms with Crippen molar-refractivity contribution in [1.82, 2.24) is 5.32 Å². The first-order valence-corrected chi connectivity index (χ1v) is 22.0. The van der Waals surface area contributed by atoms with Gasteiger partial charge in [0.25, 0.3) is 0 Å². The van der Waals surface area contributed by atoms with Crippen LogP contribution in [0.1, 0.15) is 188 Å². The largest absolute Gasteiger partial charge is 0.480 e. The average Bonchev–Trinajstić information content (AvgIpc) is 3.48. The molecule has 0 aromatic rings. The van der Waals surface area contributed by atoms with Gasteiger partial charge >= 0.3 is 11.9 Å². The number of hydrogen-bond donors (Lipinski definition) is 3. The van der Waals surface area contributed by atoms with Crippen molar-refractivity contribution in [1.29, 1.82) is 0 Å². The standard InChI is InChI=1S/C45H77NO6/c1-5-6-7-8-9-10-11-12-13-14-15-16-17-18-19-20-21-43(51)52-35-28-29-44(3)34(30-35)23-24-36-38-26-25-37(45(38,4)40(47)31-39(36)44)33(2)22-27-41(48)46-32-42(49)50/h13-14,33-40,47H,5-12,15-32H2,1-4H3,(H,46,48)(H,49,50)/b14-13-. The molecule has 0 spiro atoms. The van der Waals surface area contributed by atoms with Gasteiger partial charge in [-0.3, -0.25) is 14.4 Å². The molecule has 3 N–H and O–H groups in total. The maximum atomic E-state index is 12.8. The number of carbonyl (C=O) groups excluding carboxylic acids is 2. The molecule has 0 aromatic carbocycles. The number of aliphatic carboxylic acids is 1. The minimum Gasteiger partial charge on any atom is -0.480 e. The Hall–Kier alpha value is -1.89. The highest BCUT2D eigenvalue weighted by molar-refractivity contribution is 5.81. The van der Waals surface area contributed by atoms with Gasteiger partial charge in [-0.05, 0) is 136 Å². The molecule has 10 unspecified atom stereocenters. The molecule has 0 bridgehead atoms. The van der Waals surface area contributed by atoms with E-state index >= 15 is 0 Å². The Kier molecular flexibility index (Phi) is 17.5. The van der Waals surface area contributed by atoms with E-state index in [1.54, 1.807) is 0 Å². The predicted molar refractivity (Wildman–Crippen MR) is 210 cm³/mol. The Balaban J connectivity index is 1.12. The molecule has 1 amide bonds. The van der Waals surface area contributed by atoms with E-state index in [-0.39, 0.29) is 41.5 Å². The van der Waals surface area contributed by atoms with Crippen LogP contribution >= 0.6 is 0 Å². The quantitative estimate of drug-likeness (QED) is 0.0549. The number of carboxylic acid groups (broad SMARTS) is 1. The Morgan fingerprint density at radius 2 is 1.46 bits per heavy atom. The molecule has 0 radical (unpaired) electrons. The van der Waals surface area contributed by atoms with Crippen molar-refractivity contribution < 1.29 is 29.3 Å². The number of nitrogens with one attached hydrogen (secondary N) is 1. The first-order valence-electron chi connectivity index (χ1n) is 22.0. The first kappa shape index (κ1) is 42.8. The summed E-state index contributed by atoms with van der Waals surface area (Å²) in [5.41, 5.74) is 0.0426. The van der Waals surface area contributed by atoms with Gasteiger partial charge in [0.1, 0.15) is 12.6 Å². The van der Waals surface area contributed by atoms with Gasteiger partial charge in [0, 0.05) is 12.8 Å². The number of hydrogen-bond acceptors (Lipinski definition) is 5. The van der Waals surface area contributed by atoms with Gasteiger partial charge in [0.2, 0.25) is 5.91 Å². The van der Waals surface area contributed by atoms with Crippen molar-refractivity contribution in [3.05, 3.63) is 12.2 Å². The fourth-order valence-electron chi connectivity index (χ4n) is 11.8. The number of aliphatic hydroxyl groups is 1. The van der Waals surface area contributed by atoms with Crippen molar-refractivity contribution in [3.8, 4) is 0 Å². The summed E-state index contributed by atoms with van der Waals surface area (Å²) in [5.74, 6) is 1.60. The number of rotatable bonds is 23. The fraction of sp³-hybridized carbons (Fsp3) is 0.889. The summed E-state index contributed by atoms with van der Waals surface area (Å²) in [4.78, 5) is 35.9. The molecular weight excluding hydrogens is 650 g/mol. The van der Waals surface area contributed by atoms with E-state index in [1.165, 1.54) is 89.9 Å². The third kappa shape index (κ3) is 11.6. The van der Waals surface area contributed by atoms with E-state index in [2.05, 4.69) is 45.2 Å². The second kappa shape index (κ2) is 21.3. The average molecular weight is 728 g/mol. The maximum Gasteiger partial charge on any atom is 0.322 e. The lowest BCUT2D eigenvalue weighted by atomic mass is 9.43. The summed E-state index contributed by atoms with van der Waals surface area (Å²) in [6.45, 7) is 8.98. The van der Waals surface area contributed by atoms with Crippen molar-refractivity contribution in [3.63, 3.8) is 0 Å². The molecule has 10 atom stereocenters. The molecule has 4 rings (SSSR count). The van der Waals surface area contributed by atoms with Gasteiger partial charge < -0.3 is 20.3 Å². The smallest absolute Gasteiger partial charge is 0.322 e. The van der Waals surface area contributed by atoms with Gasteiger partial charge in [-0.15, -0.1) is 0 Å². The zero-order chi connectivity index (χ0) is 37.6. The Morgan fingerprint density at radius 1 is 0.808 bits per heavy atom. The third-order valence-electron chi connectivity index (χ3n) is 14.9. The number of carboxylic acids is 1. The molecule has 298 valence electrons. The van der Waals surface area contributed by atoms with Gasteiger partial charge in [0.05, 0.1) is 6.10 Å². The number of ether oxygens (including phenoxy) is 1. The normalized spacial score (nSPS) is 33.2. The van der Waals surface area contributed by atoms with Gasteiger partial charge in [-0.25, -0.2) is 0 Å². The fourth-order valence-corrected chi connectivity index (χ4v) is 11.8. The Labute approximate surface area is 317 Å². The van der Waals surface area contributed by atoms with Gasteiger partial charge in [-0.2, -0.15) is 0 Å². The lowest BCUT2D eigenvalue weighted by Crippen LogP contribution is -2.59. The topological polar surface area (TPSA) is 113 Å². The second-order valence-corrected chi connectivity index (χ2v) is 18.2. The van der Waals surface area contributed by atoms with E-state index in [4.69, 9.17) is 9.84 Å². The van der Waals surface area contributed by atoms with Crippen LogP contribution in [-0.2, 0) is 19.1 Å². The molecule has 0 saturated heterocycles. The van der Waals surface area contributed by atoms with E-state index < -0.39 is 5.97 Å². The van der Waals surface area contributed by atoms with Crippen LogP contribution in [0, 0.1) is 46.3 Å². The lowest BCUT2D eigenvalue weighted by molar-refractivity contribution is -0.181. The van der Waals surface area contributed by atoms with Crippen LogP contribution in [0.25, 0.3) is 0 Å². The summed E-state index contributed by atoms with van der Waals surface area (Å²) in [7, 11) is 0. The van der Waals surface area contributed by atoms with Crippen LogP contribution in [0.15, 0.2) is 12.2 Å². The molecule has 52 heavy (non-hydrogen) atoms. The molecule has 0 aromatic heterocycles. The van der Waals surface area contributed by atoms with Crippen LogP contribution in [0.3, 0.4) is 0 Å². The highest BCUT2D eigenvalue weighted by Crippen LogP contribution is 2.68. The molecule has 0 aliphatic heterocycles. The molecule has 4 aliphatic carbocycles. The summed E-state index contributed by atoms with van der Waals surface area (Å²) in [5, 5.41) is 23.3. The number of carbonyl (C=O) groups is 3. The summed E-state index contributed by atoms with van der Waals surface area (Å²) in [6.07, 6.45) is 32.2. The van der Waals surface area contributed by atoms with Crippen molar-refractivity contribution in [2.45, 2.75) is 200 Å². The van der Waals surface area contributed by atoms with Crippen LogP contribution in [0.5, 0.6) is 0 Å². The van der Waals surface area contributed by atoms with E-state index in [1.807, 2.05) is 0 Å². The highest BCUT2D eigenvalue weighted by atomic mass is 16.5. The molecule has 4 aliphatic rings. The summed E-state index contributed by atoms with van der Waals surface area (Å²) in [6, 6.07) is 0. The summed E-state index contributed by atoms with van der Waals surface area (Å²) < 4.78 is 6.10. The monoisotopic (exact) mass is 728 g/mol. The number of aliphatic hydroxyl groups excluding tert-OH is 1. The van der Waals surface area contributed by atoms with Crippen molar-refractivity contribution in [2.75, 3.05) is 6.54 Å². The van der Waals surface area contributed by atoms with Crippen LogP contribution in [0.4, 0.5) is 0 Å². The van der Waals surface area contributed by atoms with Crippen LogP contribution < -0.4 is 5.32 Å². The first-order chi connectivity index (χ1) is 25.0. The number of esters is 1. The Bertz CT molecular complexity index is 1140. The van der Waals surface area contributed by atoms with Crippen LogP contribution in [-0.4, -0.2) is 46.8 Å². The van der Waals surface area contributed by atoms with Crippen molar-refractivity contribution in [2.24, 2.45) is 46.3 Å². The van der Waals surface area contributed by atoms with Gasteiger partial charge in [-0.1, -0.05) is 97.6 Å². The van der Waals surface area contributed by atoms with Crippen LogP contribution in [0.2, 0.25) is 0 Å². The van der Waals surface area contributed by atoms with E-state index in [0.717, 1.165) is 57.8 Å². The lowest BCUT2D eigenvalue weighted by Gasteiger charge is -2.62. The zero-order valence-electron chi connectivity index (χ0n) is 33.7. The number of fused-ring (bicyclic) bond motifs is 5. The molecule has 7 nitrogen and oxygen atoms in total. The van der Waals surface area contributed by atoms with E-state index in [0.29, 0.717) is 48.3 Å².